The molecule has 22 heavy (non-hydrogen) atoms. The van der Waals surface area contributed by atoms with Crippen LogP contribution >= 0.6 is 11.3 Å². The van der Waals surface area contributed by atoms with Crippen molar-refractivity contribution in [3.63, 3.8) is 0 Å². The van der Waals surface area contributed by atoms with Gasteiger partial charge in [-0.2, -0.15) is 0 Å². The molecule has 1 aliphatic carbocycles. The van der Waals surface area contributed by atoms with E-state index in [1.165, 1.54) is 23.5 Å². The van der Waals surface area contributed by atoms with Gasteiger partial charge in [0.1, 0.15) is 16.5 Å². The molecule has 0 atom stereocenters. The minimum atomic E-state index is -0.294. The smallest absolute Gasteiger partial charge is 0.270 e. The molecule has 0 spiro atoms. The molecule has 1 amide bonds. The lowest BCUT2D eigenvalue weighted by Gasteiger charge is -2.25. The first kappa shape index (κ1) is 15.1. The van der Waals surface area contributed by atoms with Crippen LogP contribution in [0.1, 0.15) is 36.2 Å². The van der Waals surface area contributed by atoms with Crippen molar-refractivity contribution in [2.75, 3.05) is 0 Å². The van der Waals surface area contributed by atoms with E-state index in [1.54, 1.807) is 17.5 Å². The first-order chi connectivity index (χ1) is 10.6. The molecule has 6 heteroatoms. The minimum absolute atomic E-state index is 0.104. The van der Waals surface area contributed by atoms with Crippen molar-refractivity contribution < 1.29 is 14.3 Å². The summed E-state index contributed by atoms with van der Waals surface area (Å²) in [5.41, 5.74) is 1.18. The van der Waals surface area contributed by atoms with E-state index in [0.717, 1.165) is 31.2 Å². The summed E-state index contributed by atoms with van der Waals surface area (Å²) in [7, 11) is 0. The third-order valence-corrected chi connectivity index (χ3v) is 4.75. The van der Waals surface area contributed by atoms with Crippen LogP contribution < -0.4 is 5.32 Å². The molecular weight excluding hydrogens is 303 g/mol. The number of amides is 1. The zero-order chi connectivity index (χ0) is 15.5. The average Bonchev–Trinajstić information content (AvgIpc) is 3.00. The van der Waals surface area contributed by atoms with Gasteiger partial charge in [0.15, 0.2) is 0 Å². The Kier molecular flexibility index (Phi) is 4.49. The highest BCUT2D eigenvalue weighted by molar-refractivity contribution is 7.13. The summed E-state index contributed by atoms with van der Waals surface area (Å²) < 4.78 is 12.9. The molecule has 2 N–H and O–H groups in total. The van der Waals surface area contributed by atoms with E-state index in [0.29, 0.717) is 10.7 Å². The molecule has 1 aromatic heterocycles. The van der Waals surface area contributed by atoms with Gasteiger partial charge in [0.25, 0.3) is 5.91 Å². The Hall–Kier alpha value is -1.79. The summed E-state index contributed by atoms with van der Waals surface area (Å²) in [5, 5.41) is 14.9. The van der Waals surface area contributed by atoms with Gasteiger partial charge in [0.05, 0.1) is 6.10 Å². The Labute approximate surface area is 132 Å². The number of aliphatic hydroxyl groups is 1. The van der Waals surface area contributed by atoms with Crippen LogP contribution in [0.3, 0.4) is 0 Å². The van der Waals surface area contributed by atoms with E-state index < -0.39 is 0 Å². The molecule has 116 valence electrons. The van der Waals surface area contributed by atoms with E-state index in [1.807, 2.05) is 0 Å². The number of hydrogen-bond acceptors (Lipinski definition) is 4. The largest absolute Gasteiger partial charge is 0.393 e. The molecule has 1 aliphatic rings. The van der Waals surface area contributed by atoms with Gasteiger partial charge in [-0.1, -0.05) is 0 Å². The van der Waals surface area contributed by atoms with Crippen molar-refractivity contribution in [2.45, 2.75) is 37.8 Å². The van der Waals surface area contributed by atoms with Crippen LogP contribution in [0.2, 0.25) is 0 Å². The van der Waals surface area contributed by atoms with E-state index in [4.69, 9.17) is 0 Å². The summed E-state index contributed by atoms with van der Waals surface area (Å²) in [5.74, 6) is -0.483. The van der Waals surface area contributed by atoms with Crippen LogP contribution in [0.5, 0.6) is 0 Å². The van der Waals surface area contributed by atoms with Crippen molar-refractivity contribution in [1.29, 1.82) is 0 Å². The van der Waals surface area contributed by atoms with Gasteiger partial charge in [0, 0.05) is 17.0 Å². The molecule has 0 radical (unpaired) electrons. The summed E-state index contributed by atoms with van der Waals surface area (Å²) in [6.45, 7) is 0. The highest BCUT2D eigenvalue weighted by atomic mass is 32.1. The predicted molar refractivity (Wildman–Crippen MR) is 83.2 cm³/mol. The second kappa shape index (κ2) is 6.54. The van der Waals surface area contributed by atoms with Crippen LogP contribution in [0, 0.1) is 5.82 Å². The average molecular weight is 320 g/mol. The summed E-state index contributed by atoms with van der Waals surface area (Å²) >= 11 is 1.36. The fourth-order valence-corrected chi connectivity index (χ4v) is 3.39. The van der Waals surface area contributed by atoms with Crippen molar-refractivity contribution in [1.82, 2.24) is 10.3 Å². The first-order valence-electron chi connectivity index (χ1n) is 7.32. The number of aliphatic hydroxyl groups excluding tert-OH is 1. The minimum Gasteiger partial charge on any atom is -0.393 e. The lowest BCUT2D eigenvalue weighted by Crippen LogP contribution is -2.38. The number of nitrogens with zero attached hydrogens (tertiary/aromatic N) is 1. The van der Waals surface area contributed by atoms with Crippen LogP contribution in [0.25, 0.3) is 10.6 Å². The normalized spacial score (nSPS) is 21.5. The van der Waals surface area contributed by atoms with Crippen LogP contribution in [0.4, 0.5) is 4.39 Å². The van der Waals surface area contributed by atoms with Gasteiger partial charge < -0.3 is 10.4 Å². The molecule has 1 fully saturated rings. The number of nitrogens with one attached hydrogen (secondary N) is 1. The van der Waals surface area contributed by atoms with E-state index in [2.05, 4.69) is 10.3 Å². The van der Waals surface area contributed by atoms with Gasteiger partial charge in [-0.25, -0.2) is 9.37 Å². The van der Waals surface area contributed by atoms with Gasteiger partial charge in [-0.15, -0.1) is 11.3 Å². The summed E-state index contributed by atoms with van der Waals surface area (Å²) in [6, 6.07) is 6.16. The molecule has 4 nitrogen and oxygen atoms in total. The lowest BCUT2D eigenvalue weighted by molar-refractivity contribution is 0.0864. The number of carbonyl (C=O) groups excluding carboxylic acids is 1. The number of thiazole rings is 1. The standard InChI is InChI=1S/C16H17FN2O2S/c17-11-3-1-10(2-4-11)16-19-14(9-22-16)15(21)18-12-5-7-13(20)8-6-12/h1-4,9,12-13,20H,5-8H2,(H,18,21). The fraction of sp³-hybridized carbons (Fsp3) is 0.375. The lowest BCUT2D eigenvalue weighted by atomic mass is 9.93. The van der Waals surface area contributed by atoms with Crippen LogP contribution in [-0.2, 0) is 0 Å². The molecule has 2 aromatic rings. The fourth-order valence-electron chi connectivity index (χ4n) is 2.58. The Morgan fingerprint density at radius 3 is 2.59 bits per heavy atom. The third kappa shape index (κ3) is 3.51. The molecule has 3 rings (SSSR count). The van der Waals surface area contributed by atoms with Gasteiger partial charge in [-0.05, 0) is 49.9 Å². The van der Waals surface area contributed by atoms with Crippen molar-refractivity contribution in [3.05, 3.63) is 41.2 Å². The van der Waals surface area contributed by atoms with Gasteiger partial charge in [-0.3, -0.25) is 4.79 Å². The maximum absolute atomic E-state index is 12.9. The van der Waals surface area contributed by atoms with E-state index >= 15 is 0 Å². The molecular formula is C16H17FN2O2S. The molecule has 1 aromatic carbocycles. The highest BCUT2D eigenvalue weighted by Crippen LogP contribution is 2.24. The van der Waals surface area contributed by atoms with Gasteiger partial charge in [0.2, 0.25) is 0 Å². The maximum Gasteiger partial charge on any atom is 0.270 e. The quantitative estimate of drug-likeness (QED) is 0.914. The Morgan fingerprint density at radius 1 is 1.23 bits per heavy atom. The molecule has 1 saturated carbocycles. The zero-order valence-electron chi connectivity index (χ0n) is 12.0. The van der Waals surface area contributed by atoms with Crippen LogP contribution in [0.15, 0.2) is 29.6 Å². The number of benzene rings is 1. The second-order valence-electron chi connectivity index (χ2n) is 5.52. The zero-order valence-corrected chi connectivity index (χ0v) is 12.8. The SMILES string of the molecule is O=C(NC1CCC(O)CC1)c1csc(-c2ccc(F)cc2)n1. The topological polar surface area (TPSA) is 62.2 Å². The number of carbonyl (C=O) groups is 1. The molecule has 0 unspecified atom stereocenters. The monoisotopic (exact) mass is 320 g/mol. The van der Waals surface area contributed by atoms with E-state index in [9.17, 15) is 14.3 Å². The highest BCUT2D eigenvalue weighted by Gasteiger charge is 2.22. The van der Waals surface area contributed by atoms with Gasteiger partial charge >= 0.3 is 0 Å². The Morgan fingerprint density at radius 2 is 1.91 bits per heavy atom. The Balaban J connectivity index is 1.65. The second-order valence-corrected chi connectivity index (χ2v) is 6.38. The number of aromatic nitrogens is 1. The molecule has 0 bridgehead atoms. The Bertz CT molecular complexity index is 648. The number of halogens is 1. The predicted octanol–water partition coefficient (Wildman–Crippen LogP) is 2.98. The molecule has 0 saturated heterocycles. The van der Waals surface area contributed by atoms with Crippen molar-refractivity contribution in [3.8, 4) is 10.6 Å². The molecule has 1 heterocycles. The number of rotatable bonds is 3. The van der Waals surface area contributed by atoms with Crippen molar-refractivity contribution >= 4 is 17.2 Å². The first-order valence-corrected chi connectivity index (χ1v) is 8.20. The number of hydrogen-bond donors (Lipinski definition) is 2. The van der Waals surface area contributed by atoms with E-state index in [-0.39, 0.29) is 23.9 Å². The van der Waals surface area contributed by atoms with Crippen molar-refractivity contribution in [2.24, 2.45) is 0 Å². The van der Waals surface area contributed by atoms with Crippen LogP contribution in [-0.4, -0.2) is 28.1 Å². The summed E-state index contributed by atoms with van der Waals surface area (Å²) in [4.78, 5) is 16.5. The molecule has 0 aliphatic heterocycles. The maximum atomic E-state index is 12.9. The summed E-state index contributed by atoms with van der Waals surface area (Å²) in [6.07, 6.45) is 2.80. The third-order valence-electron chi connectivity index (χ3n) is 3.86.